The molecule has 2 saturated heterocycles. The number of barbiturate groups is 2. The topological polar surface area (TPSA) is 175 Å². The van der Waals surface area contributed by atoms with Gasteiger partial charge < -0.3 is 0 Å². The average molecular weight is 348 g/mol. The molecule has 0 spiro atoms. The van der Waals surface area contributed by atoms with Crippen LogP contribution in [-0.2, 0) is 38.7 Å². The first-order valence-corrected chi connectivity index (χ1v) is 5.10. The number of hydrogen-bond donors (Lipinski definition) is 4. The van der Waals surface area contributed by atoms with E-state index in [-0.39, 0.29) is 19.5 Å². The van der Waals surface area contributed by atoms with Crippen LogP contribution in [0.2, 0.25) is 0 Å². The molecule has 8 amide bonds. The van der Waals surface area contributed by atoms with E-state index in [1.54, 1.807) is 21.3 Å². The first-order chi connectivity index (χ1) is 9.38. The number of hydrogen-bond acceptors (Lipinski definition) is 8. The molecule has 0 saturated carbocycles. The molecule has 21 heavy (non-hydrogen) atoms. The summed E-state index contributed by atoms with van der Waals surface area (Å²) in [7, 11) is 0. The van der Waals surface area contributed by atoms with Crippen LogP contribution >= 0.6 is 0 Å². The Hall–Kier alpha value is -2.56. The van der Waals surface area contributed by atoms with E-state index in [1.807, 2.05) is 0 Å². The minimum atomic E-state index is -1.70. The summed E-state index contributed by atoms with van der Waals surface area (Å²) in [5, 5.41) is 13.5. The summed E-state index contributed by atoms with van der Waals surface area (Å²) in [5.74, 6) is -4.18. The van der Waals surface area contributed by atoms with Crippen LogP contribution in [0, 0.1) is 0 Å². The van der Waals surface area contributed by atoms with Gasteiger partial charge in [-0.1, -0.05) is 0 Å². The van der Waals surface area contributed by atoms with Crippen LogP contribution in [0.25, 0.3) is 0 Å². The molecular weight excluding hydrogens is 342 g/mol. The van der Waals surface area contributed by atoms with Gasteiger partial charge in [0.1, 0.15) is 0 Å². The summed E-state index contributed by atoms with van der Waals surface area (Å²) in [6.07, 6.45) is 0. The Balaban J connectivity index is 0.00000220. The van der Waals surface area contributed by atoms with Crippen molar-refractivity contribution in [1.29, 1.82) is 0 Å². The molecular formula is C8H6N6O6Zn. The summed E-state index contributed by atoms with van der Waals surface area (Å²) in [4.78, 5) is 66.8. The average Bonchev–Trinajstić information content (AvgIpc) is 2.30. The molecule has 0 atom stereocenters. The molecule has 0 unspecified atom stereocenters. The maximum atomic E-state index is 11.3. The molecule has 2 aliphatic rings. The standard InChI is InChI=1S/C8H6N6O6.Zn/c15-3-1(4(16)10-7(19)9-3)13-14-2-5(17)11-8(20)12-6(2)18;/h1-2H,(H2,9,10,15,16,19)(H2,11,12,17,18,20);. The largest absolute Gasteiger partial charge is 0.328 e. The Labute approximate surface area is 128 Å². The molecule has 0 aromatic heterocycles. The summed E-state index contributed by atoms with van der Waals surface area (Å²) >= 11 is 0. The number of carbonyl (C=O) groups excluding carboxylic acids is 6. The number of nitrogens with one attached hydrogen (secondary N) is 4. The molecule has 106 valence electrons. The van der Waals surface area contributed by atoms with Gasteiger partial charge >= 0.3 is 12.1 Å². The number of carbonyl (C=O) groups is 6. The SMILES string of the molecule is O=C1NC(=O)C(N=NC2C(=O)NC(=O)NC2=O)C(=O)N1.[Zn]. The third-order valence-electron chi connectivity index (χ3n) is 2.24. The Morgan fingerprint density at radius 3 is 1.05 bits per heavy atom. The number of imide groups is 4. The number of azo groups is 1. The van der Waals surface area contributed by atoms with Crippen LogP contribution in [0.15, 0.2) is 10.2 Å². The van der Waals surface area contributed by atoms with E-state index in [2.05, 4.69) is 10.2 Å². The fraction of sp³-hybridized carbons (Fsp3) is 0.250. The molecule has 0 aromatic rings. The van der Waals surface area contributed by atoms with Crippen LogP contribution in [0.4, 0.5) is 9.59 Å². The Morgan fingerprint density at radius 2 is 0.810 bits per heavy atom. The smallest absolute Gasteiger partial charge is 0.275 e. The van der Waals surface area contributed by atoms with Crippen LogP contribution in [0.5, 0.6) is 0 Å². The van der Waals surface area contributed by atoms with Crippen LogP contribution in [-0.4, -0.2) is 47.8 Å². The van der Waals surface area contributed by atoms with Crippen molar-refractivity contribution in [3.8, 4) is 0 Å². The number of rotatable bonds is 2. The zero-order valence-electron chi connectivity index (χ0n) is 10.2. The fourth-order valence-corrected chi connectivity index (χ4v) is 1.36. The van der Waals surface area contributed by atoms with Gasteiger partial charge in [0.25, 0.3) is 23.6 Å². The Bertz CT molecular complexity index is 498. The molecule has 2 heterocycles. The summed E-state index contributed by atoms with van der Waals surface area (Å²) in [5.41, 5.74) is 0. The maximum Gasteiger partial charge on any atom is 0.328 e. The van der Waals surface area contributed by atoms with E-state index in [9.17, 15) is 28.8 Å². The molecule has 0 aliphatic carbocycles. The van der Waals surface area contributed by atoms with Gasteiger partial charge in [0.2, 0.25) is 12.1 Å². The van der Waals surface area contributed by atoms with Crippen molar-refractivity contribution < 1.29 is 48.2 Å². The predicted octanol–water partition coefficient (Wildman–Crippen LogP) is -3.09. The van der Waals surface area contributed by atoms with Crippen LogP contribution in [0.3, 0.4) is 0 Å². The summed E-state index contributed by atoms with van der Waals surface area (Å²) in [6.45, 7) is 0. The van der Waals surface area contributed by atoms with E-state index < -0.39 is 47.8 Å². The van der Waals surface area contributed by atoms with E-state index in [4.69, 9.17) is 0 Å². The van der Waals surface area contributed by atoms with Gasteiger partial charge in [0.15, 0.2) is 0 Å². The van der Waals surface area contributed by atoms with Gasteiger partial charge in [-0.3, -0.25) is 40.4 Å². The molecule has 0 radical (unpaired) electrons. The second-order valence-corrected chi connectivity index (χ2v) is 3.65. The maximum absolute atomic E-state index is 11.3. The minimum Gasteiger partial charge on any atom is -0.275 e. The van der Waals surface area contributed by atoms with Crippen molar-refractivity contribution in [1.82, 2.24) is 21.3 Å². The molecule has 4 N–H and O–H groups in total. The Kier molecular flexibility index (Phi) is 4.92. The third-order valence-corrected chi connectivity index (χ3v) is 2.24. The van der Waals surface area contributed by atoms with Gasteiger partial charge in [0, 0.05) is 19.5 Å². The zero-order chi connectivity index (χ0) is 14.9. The zero-order valence-corrected chi connectivity index (χ0v) is 13.2. The molecule has 12 nitrogen and oxygen atoms in total. The second kappa shape index (κ2) is 6.26. The summed E-state index contributed by atoms with van der Waals surface area (Å²) < 4.78 is 0. The van der Waals surface area contributed by atoms with Crippen LogP contribution < -0.4 is 21.3 Å². The van der Waals surface area contributed by atoms with Crippen LogP contribution in [0.1, 0.15) is 0 Å². The number of nitrogens with zero attached hydrogens (tertiary/aromatic N) is 2. The Morgan fingerprint density at radius 1 is 0.571 bits per heavy atom. The van der Waals surface area contributed by atoms with Crippen molar-refractivity contribution >= 4 is 35.7 Å². The van der Waals surface area contributed by atoms with E-state index in [0.29, 0.717) is 0 Å². The van der Waals surface area contributed by atoms with Crippen molar-refractivity contribution in [3.63, 3.8) is 0 Å². The quantitative estimate of drug-likeness (QED) is 0.234. The molecule has 2 rings (SSSR count). The first kappa shape index (κ1) is 16.5. The molecule has 2 aliphatic heterocycles. The second-order valence-electron chi connectivity index (χ2n) is 3.65. The number of urea groups is 2. The van der Waals surface area contributed by atoms with Crippen molar-refractivity contribution in [2.75, 3.05) is 0 Å². The predicted molar refractivity (Wildman–Crippen MR) is 55.8 cm³/mol. The fourth-order valence-electron chi connectivity index (χ4n) is 1.36. The van der Waals surface area contributed by atoms with Gasteiger partial charge in [0.05, 0.1) is 0 Å². The van der Waals surface area contributed by atoms with E-state index in [0.717, 1.165) is 0 Å². The first-order valence-electron chi connectivity index (χ1n) is 5.10. The molecule has 0 aromatic carbocycles. The summed E-state index contributed by atoms with van der Waals surface area (Å²) in [6, 6.07) is -5.42. The third kappa shape index (κ3) is 3.51. The van der Waals surface area contributed by atoms with Gasteiger partial charge in [-0.15, -0.1) is 0 Å². The minimum absolute atomic E-state index is 0. The number of amides is 8. The van der Waals surface area contributed by atoms with Crippen molar-refractivity contribution in [2.24, 2.45) is 10.2 Å². The van der Waals surface area contributed by atoms with E-state index in [1.165, 1.54) is 0 Å². The van der Waals surface area contributed by atoms with Crippen molar-refractivity contribution in [3.05, 3.63) is 0 Å². The molecule has 13 heteroatoms. The normalized spacial score (nSPS) is 20.6. The van der Waals surface area contributed by atoms with Gasteiger partial charge in [-0.25, -0.2) is 9.59 Å². The van der Waals surface area contributed by atoms with E-state index >= 15 is 0 Å². The van der Waals surface area contributed by atoms with Gasteiger partial charge in [-0.2, -0.15) is 10.2 Å². The monoisotopic (exact) mass is 346 g/mol. The molecule has 0 bridgehead atoms. The van der Waals surface area contributed by atoms with Gasteiger partial charge in [-0.05, 0) is 0 Å². The molecule has 2 fully saturated rings. The van der Waals surface area contributed by atoms with Crippen molar-refractivity contribution in [2.45, 2.75) is 12.1 Å².